The molecule has 0 aliphatic carbocycles. The molecular weight excluding hydrogens is 152 g/mol. The Kier molecular flexibility index (Phi) is 3.76. The molecule has 0 aliphatic rings. The van der Waals surface area contributed by atoms with Crippen molar-refractivity contribution in [3.05, 3.63) is 18.0 Å². The normalized spacial score (nSPS) is 10.5. The van der Waals surface area contributed by atoms with Crippen LogP contribution in [0.3, 0.4) is 0 Å². The maximum Gasteiger partial charge on any atom is 0.0492 e. The van der Waals surface area contributed by atoms with Crippen molar-refractivity contribution in [1.82, 2.24) is 15.1 Å². The number of aromatic nitrogens is 2. The van der Waals surface area contributed by atoms with Gasteiger partial charge in [0, 0.05) is 45.0 Å². The summed E-state index contributed by atoms with van der Waals surface area (Å²) in [5.41, 5.74) is 6.59. The third-order valence-electron chi connectivity index (χ3n) is 1.80. The zero-order chi connectivity index (χ0) is 8.81. The molecule has 0 saturated carbocycles. The highest BCUT2D eigenvalue weighted by molar-refractivity contribution is 5.00. The second-order valence-corrected chi connectivity index (χ2v) is 2.73. The standard InChI is InChI=1S/C8H16N4/c1-12-8(3-6-11-12)2-5-10-7-4-9/h3,6,10H,2,4-5,7,9H2,1H3. The minimum absolute atomic E-state index is 0.700. The van der Waals surface area contributed by atoms with Crippen LogP contribution < -0.4 is 11.1 Å². The first kappa shape index (κ1) is 9.22. The van der Waals surface area contributed by atoms with Crippen LogP contribution in [0.4, 0.5) is 0 Å². The molecule has 4 heteroatoms. The summed E-state index contributed by atoms with van der Waals surface area (Å²) in [6, 6.07) is 2.03. The summed E-state index contributed by atoms with van der Waals surface area (Å²) in [6.07, 6.45) is 2.83. The van der Waals surface area contributed by atoms with E-state index < -0.39 is 0 Å². The summed E-state index contributed by atoms with van der Waals surface area (Å²) in [5.74, 6) is 0. The highest BCUT2D eigenvalue weighted by Crippen LogP contribution is 1.95. The molecule has 0 atom stereocenters. The van der Waals surface area contributed by atoms with Crippen molar-refractivity contribution in [2.75, 3.05) is 19.6 Å². The lowest BCUT2D eigenvalue weighted by atomic mass is 10.3. The largest absolute Gasteiger partial charge is 0.329 e. The SMILES string of the molecule is Cn1nccc1CCNCCN. The van der Waals surface area contributed by atoms with Crippen molar-refractivity contribution in [1.29, 1.82) is 0 Å². The average molecular weight is 168 g/mol. The first-order valence-corrected chi connectivity index (χ1v) is 4.22. The zero-order valence-corrected chi connectivity index (χ0v) is 7.45. The molecule has 0 bridgehead atoms. The van der Waals surface area contributed by atoms with Crippen molar-refractivity contribution in [2.24, 2.45) is 12.8 Å². The quantitative estimate of drug-likeness (QED) is 0.583. The third-order valence-corrected chi connectivity index (χ3v) is 1.80. The molecule has 0 aromatic carbocycles. The topological polar surface area (TPSA) is 55.9 Å². The predicted octanol–water partition coefficient (Wildman–Crippen LogP) is -0.489. The predicted molar refractivity (Wildman–Crippen MR) is 48.8 cm³/mol. The number of hydrogen-bond donors (Lipinski definition) is 2. The van der Waals surface area contributed by atoms with Gasteiger partial charge in [-0.15, -0.1) is 0 Å². The van der Waals surface area contributed by atoms with Gasteiger partial charge in [0.15, 0.2) is 0 Å². The van der Waals surface area contributed by atoms with Crippen molar-refractivity contribution in [2.45, 2.75) is 6.42 Å². The molecule has 0 spiro atoms. The highest BCUT2D eigenvalue weighted by Gasteiger charge is 1.96. The smallest absolute Gasteiger partial charge is 0.0492 e. The minimum atomic E-state index is 0.700. The molecule has 4 nitrogen and oxygen atoms in total. The summed E-state index contributed by atoms with van der Waals surface area (Å²) in [4.78, 5) is 0. The zero-order valence-electron chi connectivity index (χ0n) is 7.45. The number of nitrogens with zero attached hydrogens (tertiary/aromatic N) is 2. The summed E-state index contributed by atoms with van der Waals surface area (Å²) >= 11 is 0. The van der Waals surface area contributed by atoms with Crippen LogP contribution >= 0.6 is 0 Å². The van der Waals surface area contributed by atoms with Crippen molar-refractivity contribution < 1.29 is 0 Å². The van der Waals surface area contributed by atoms with Gasteiger partial charge in [-0.3, -0.25) is 4.68 Å². The fourth-order valence-electron chi connectivity index (χ4n) is 1.09. The number of aryl methyl sites for hydroxylation is 1. The van der Waals surface area contributed by atoms with Gasteiger partial charge in [0.2, 0.25) is 0 Å². The fraction of sp³-hybridized carbons (Fsp3) is 0.625. The number of nitrogens with one attached hydrogen (secondary N) is 1. The monoisotopic (exact) mass is 168 g/mol. The van der Waals surface area contributed by atoms with E-state index in [1.54, 1.807) is 0 Å². The van der Waals surface area contributed by atoms with E-state index in [4.69, 9.17) is 5.73 Å². The van der Waals surface area contributed by atoms with E-state index in [9.17, 15) is 0 Å². The van der Waals surface area contributed by atoms with Crippen molar-refractivity contribution in [3.8, 4) is 0 Å². The van der Waals surface area contributed by atoms with Crippen molar-refractivity contribution in [3.63, 3.8) is 0 Å². The Balaban J connectivity index is 2.20. The van der Waals surface area contributed by atoms with Gasteiger partial charge in [-0.1, -0.05) is 0 Å². The Morgan fingerprint density at radius 3 is 3.00 bits per heavy atom. The van der Waals surface area contributed by atoms with E-state index in [2.05, 4.69) is 10.4 Å². The molecule has 68 valence electrons. The van der Waals surface area contributed by atoms with Gasteiger partial charge < -0.3 is 11.1 Å². The summed E-state index contributed by atoms with van der Waals surface area (Å²) in [5, 5.41) is 7.31. The second-order valence-electron chi connectivity index (χ2n) is 2.73. The molecular formula is C8H16N4. The molecule has 0 amide bonds. The van der Waals surface area contributed by atoms with Gasteiger partial charge in [0.25, 0.3) is 0 Å². The van der Waals surface area contributed by atoms with E-state index in [-0.39, 0.29) is 0 Å². The number of rotatable bonds is 5. The number of hydrogen-bond acceptors (Lipinski definition) is 3. The Morgan fingerprint density at radius 1 is 1.58 bits per heavy atom. The maximum atomic E-state index is 5.34. The van der Waals surface area contributed by atoms with Crippen LogP contribution in [0.2, 0.25) is 0 Å². The lowest BCUT2D eigenvalue weighted by Gasteiger charge is -2.02. The fourth-order valence-corrected chi connectivity index (χ4v) is 1.09. The van der Waals surface area contributed by atoms with Crippen LogP contribution in [-0.4, -0.2) is 29.4 Å². The molecule has 1 rings (SSSR count). The second kappa shape index (κ2) is 4.90. The third kappa shape index (κ3) is 2.64. The van der Waals surface area contributed by atoms with Crippen LogP contribution in [0.25, 0.3) is 0 Å². The first-order valence-electron chi connectivity index (χ1n) is 4.22. The number of nitrogens with two attached hydrogens (primary N) is 1. The van der Waals surface area contributed by atoms with Crippen molar-refractivity contribution >= 4 is 0 Å². The van der Waals surface area contributed by atoms with Gasteiger partial charge in [-0.25, -0.2) is 0 Å². The highest BCUT2D eigenvalue weighted by atomic mass is 15.3. The first-order chi connectivity index (χ1) is 5.84. The van der Waals surface area contributed by atoms with Gasteiger partial charge in [0.1, 0.15) is 0 Å². The average Bonchev–Trinajstić information content (AvgIpc) is 2.46. The van der Waals surface area contributed by atoms with Crippen LogP contribution in [0.1, 0.15) is 5.69 Å². The molecule has 0 fully saturated rings. The molecule has 0 radical (unpaired) electrons. The van der Waals surface area contributed by atoms with Gasteiger partial charge in [0.05, 0.1) is 0 Å². The van der Waals surface area contributed by atoms with E-state index in [1.165, 1.54) is 5.69 Å². The molecule has 3 N–H and O–H groups in total. The van der Waals surface area contributed by atoms with E-state index >= 15 is 0 Å². The minimum Gasteiger partial charge on any atom is -0.329 e. The molecule has 1 aromatic rings. The van der Waals surface area contributed by atoms with Gasteiger partial charge >= 0.3 is 0 Å². The Hall–Kier alpha value is -0.870. The molecule has 1 heterocycles. The molecule has 0 unspecified atom stereocenters. The van der Waals surface area contributed by atoms with Crippen LogP contribution in [0.5, 0.6) is 0 Å². The molecule has 0 aliphatic heterocycles. The maximum absolute atomic E-state index is 5.34. The van der Waals surface area contributed by atoms with Crippen LogP contribution in [-0.2, 0) is 13.5 Å². The molecule has 0 saturated heterocycles. The van der Waals surface area contributed by atoms with E-state index in [1.807, 2.05) is 24.0 Å². The lowest BCUT2D eigenvalue weighted by Crippen LogP contribution is -2.24. The van der Waals surface area contributed by atoms with E-state index in [0.29, 0.717) is 6.54 Å². The Morgan fingerprint density at radius 2 is 2.42 bits per heavy atom. The summed E-state index contributed by atoms with van der Waals surface area (Å²) in [6.45, 7) is 2.56. The lowest BCUT2D eigenvalue weighted by molar-refractivity contribution is 0.646. The Labute approximate surface area is 72.8 Å². The summed E-state index contributed by atoms with van der Waals surface area (Å²) < 4.78 is 1.89. The van der Waals surface area contributed by atoms with Gasteiger partial charge in [-0.2, -0.15) is 5.10 Å². The van der Waals surface area contributed by atoms with Crippen LogP contribution in [0.15, 0.2) is 12.3 Å². The molecule has 1 aromatic heterocycles. The molecule has 12 heavy (non-hydrogen) atoms. The van der Waals surface area contributed by atoms with E-state index in [0.717, 1.165) is 19.5 Å². The van der Waals surface area contributed by atoms with Crippen LogP contribution in [0, 0.1) is 0 Å². The Bertz CT molecular complexity index is 219. The summed E-state index contributed by atoms with van der Waals surface area (Å²) in [7, 11) is 1.96. The van der Waals surface area contributed by atoms with Gasteiger partial charge in [-0.05, 0) is 6.07 Å².